The lowest BCUT2D eigenvalue weighted by atomic mass is 10.1. The summed E-state index contributed by atoms with van der Waals surface area (Å²) in [7, 11) is 0. The highest BCUT2D eigenvalue weighted by molar-refractivity contribution is 9.10. The number of para-hydroxylation sites is 1. The first-order valence-corrected chi connectivity index (χ1v) is 12.0. The molecule has 0 unspecified atom stereocenters. The molecule has 1 aromatic heterocycles. The molecule has 1 amide bonds. The van der Waals surface area contributed by atoms with Crippen molar-refractivity contribution in [3.8, 4) is 5.75 Å². The van der Waals surface area contributed by atoms with E-state index in [4.69, 9.17) is 16.3 Å². The highest BCUT2D eigenvalue weighted by Gasteiger charge is 2.41. The summed E-state index contributed by atoms with van der Waals surface area (Å²) in [5, 5.41) is 6.20. The summed E-state index contributed by atoms with van der Waals surface area (Å²) in [6.07, 6.45) is -2.54. The van der Waals surface area contributed by atoms with E-state index in [2.05, 4.69) is 26.3 Å². The van der Waals surface area contributed by atoms with Crippen LogP contribution in [0.15, 0.2) is 53.0 Å². The Kier molecular flexibility index (Phi) is 7.52. The number of amides is 1. The van der Waals surface area contributed by atoms with Crippen molar-refractivity contribution in [3.63, 3.8) is 0 Å². The number of aromatic nitrogens is 2. The van der Waals surface area contributed by atoms with Crippen molar-refractivity contribution in [2.75, 3.05) is 6.54 Å². The number of aryl methyl sites for hydroxylation is 1. The Bertz CT molecular complexity index is 1160. The number of benzene rings is 2. The zero-order chi connectivity index (χ0) is 24.3. The molecule has 34 heavy (non-hydrogen) atoms. The van der Waals surface area contributed by atoms with Gasteiger partial charge in [0.1, 0.15) is 12.4 Å². The monoisotopic (exact) mass is 555 g/mol. The van der Waals surface area contributed by atoms with Gasteiger partial charge in [-0.3, -0.25) is 9.48 Å². The summed E-state index contributed by atoms with van der Waals surface area (Å²) in [5.74, 6) is 0.501. The van der Waals surface area contributed by atoms with Gasteiger partial charge in [-0.05, 0) is 65.0 Å². The normalized spacial score (nSPS) is 13.7. The molecule has 1 saturated carbocycles. The summed E-state index contributed by atoms with van der Waals surface area (Å²) < 4.78 is 47.5. The number of hydrogen-bond acceptors (Lipinski definition) is 3. The maximum absolute atomic E-state index is 13.2. The molecule has 1 aliphatic rings. The van der Waals surface area contributed by atoms with Gasteiger partial charge in [0.25, 0.3) is 5.91 Å². The molecule has 1 aliphatic carbocycles. The first-order chi connectivity index (χ1) is 16.2. The second-order valence-electron chi connectivity index (χ2n) is 8.07. The fourth-order valence-corrected chi connectivity index (χ4v) is 4.36. The number of rotatable bonds is 9. The predicted octanol–water partition coefficient (Wildman–Crippen LogP) is 6.59. The van der Waals surface area contributed by atoms with Crippen LogP contribution in [0.2, 0.25) is 5.02 Å². The standard InChI is InChI=1S/C24H22BrClF3N3O2/c25-18-4-1-2-5-19(18)34-14-15-6-8-17(9-7-15)23(33)30-12-3-13-32-21(16-10-11-16)20(26)22(31-32)24(27,28)29/h1-2,4-9,16H,3,10-14H2,(H,30,33). The van der Waals surface area contributed by atoms with Crippen molar-refractivity contribution in [2.24, 2.45) is 0 Å². The highest BCUT2D eigenvalue weighted by Crippen LogP contribution is 2.46. The first-order valence-electron chi connectivity index (χ1n) is 10.8. The third-order valence-corrected chi connectivity index (χ3v) is 6.47. The average molecular weight is 557 g/mol. The van der Waals surface area contributed by atoms with Crippen molar-refractivity contribution < 1.29 is 22.7 Å². The highest BCUT2D eigenvalue weighted by atomic mass is 79.9. The lowest BCUT2D eigenvalue weighted by Gasteiger charge is -2.10. The number of carbonyl (C=O) groups is 1. The van der Waals surface area contributed by atoms with E-state index in [0.717, 1.165) is 28.6 Å². The van der Waals surface area contributed by atoms with E-state index in [9.17, 15) is 18.0 Å². The lowest BCUT2D eigenvalue weighted by Crippen LogP contribution is -2.25. The van der Waals surface area contributed by atoms with Crippen molar-refractivity contribution >= 4 is 33.4 Å². The number of nitrogens with zero attached hydrogens (tertiary/aromatic N) is 2. The van der Waals surface area contributed by atoms with Crippen LogP contribution in [0.5, 0.6) is 5.75 Å². The Hall–Kier alpha value is -2.52. The van der Waals surface area contributed by atoms with Gasteiger partial charge in [0.15, 0.2) is 5.69 Å². The minimum Gasteiger partial charge on any atom is -0.488 e. The Morgan fingerprint density at radius 3 is 2.53 bits per heavy atom. The van der Waals surface area contributed by atoms with Crippen LogP contribution in [0.4, 0.5) is 13.2 Å². The van der Waals surface area contributed by atoms with E-state index in [1.54, 1.807) is 12.1 Å². The summed E-state index contributed by atoms with van der Waals surface area (Å²) in [4.78, 5) is 12.4. The smallest absolute Gasteiger partial charge is 0.436 e. The van der Waals surface area contributed by atoms with Gasteiger partial charge in [-0.25, -0.2) is 0 Å². The molecule has 1 fully saturated rings. The molecule has 0 radical (unpaired) electrons. The zero-order valence-corrected chi connectivity index (χ0v) is 20.4. The van der Waals surface area contributed by atoms with E-state index in [-0.39, 0.29) is 23.4 Å². The minimum absolute atomic E-state index is 0.0242. The molecule has 0 spiro atoms. The summed E-state index contributed by atoms with van der Waals surface area (Å²) in [6.45, 7) is 0.905. The van der Waals surface area contributed by atoms with Gasteiger partial charge >= 0.3 is 6.18 Å². The second kappa shape index (κ2) is 10.4. The number of nitrogens with one attached hydrogen (secondary N) is 1. The Labute approximate surface area is 208 Å². The van der Waals surface area contributed by atoms with Crippen LogP contribution < -0.4 is 10.1 Å². The molecule has 1 heterocycles. The van der Waals surface area contributed by atoms with Gasteiger partial charge in [-0.15, -0.1) is 0 Å². The molecule has 0 atom stereocenters. The fourth-order valence-electron chi connectivity index (χ4n) is 3.56. The van der Waals surface area contributed by atoms with Gasteiger partial charge in [-0.2, -0.15) is 18.3 Å². The number of carbonyl (C=O) groups excluding carboxylic acids is 1. The summed E-state index contributed by atoms with van der Waals surface area (Å²) in [5.41, 5.74) is 0.810. The maximum atomic E-state index is 13.2. The van der Waals surface area contributed by atoms with Gasteiger partial charge in [-0.1, -0.05) is 35.9 Å². The Balaban J connectivity index is 1.27. The topological polar surface area (TPSA) is 56.2 Å². The van der Waals surface area contributed by atoms with Crippen LogP contribution in [0.1, 0.15) is 52.5 Å². The molecule has 180 valence electrons. The molecule has 5 nitrogen and oxygen atoms in total. The van der Waals surface area contributed by atoms with E-state index in [1.807, 2.05) is 36.4 Å². The van der Waals surface area contributed by atoms with E-state index in [0.29, 0.717) is 30.8 Å². The average Bonchev–Trinajstić information content (AvgIpc) is 3.58. The van der Waals surface area contributed by atoms with Gasteiger partial charge in [0.2, 0.25) is 0 Å². The molecule has 3 aromatic rings. The first kappa shape index (κ1) is 24.6. The van der Waals surface area contributed by atoms with Crippen LogP contribution >= 0.6 is 27.5 Å². The quantitative estimate of drug-likeness (QED) is 0.302. The largest absolute Gasteiger partial charge is 0.488 e. The number of alkyl halides is 3. The number of ether oxygens (including phenoxy) is 1. The van der Waals surface area contributed by atoms with E-state index >= 15 is 0 Å². The predicted molar refractivity (Wildman–Crippen MR) is 126 cm³/mol. The second-order valence-corrected chi connectivity index (χ2v) is 9.30. The van der Waals surface area contributed by atoms with Crippen LogP contribution in [-0.2, 0) is 19.3 Å². The third kappa shape index (κ3) is 5.93. The minimum atomic E-state index is -4.59. The molecule has 0 bridgehead atoms. The summed E-state index contributed by atoms with van der Waals surface area (Å²) >= 11 is 9.42. The van der Waals surface area contributed by atoms with Crippen LogP contribution in [-0.4, -0.2) is 22.2 Å². The summed E-state index contributed by atoms with van der Waals surface area (Å²) in [6, 6.07) is 14.6. The molecular weight excluding hydrogens is 535 g/mol. The number of hydrogen-bond donors (Lipinski definition) is 1. The molecule has 0 aliphatic heterocycles. The molecule has 2 aromatic carbocycles. The number of halogens is 5. The van der Waals surface area contributed by atoms with Crippen LogP contribution in [0.25, 0.3) is 0 Å². The van der Waals surface area contributed by atoms with Gasteiger partial charge in [0, 0.05) is 24.6 Å². The van der Waals surface area contributed by atoms with E-state index in [1.165, 1.54) is 4.68 Å². The molecule has 10 heteroatoms. The van der Waals surface area contributed by atoms with Crippen LogP contribution in [0.3, 0.4) is 0 Å². The van der Waals surface area contributed by atoms with Crippen molar-refractivity contribution in [2.45, 2.75) is 44.5 Å². The lowest BCUT2D eigenvalue weighted by molar-refractivity contribution is -0.141. The van der Waals surface area contributed by atoms with Crippen molar-refractivity contribution in [1.82, 2.24) is 15.1 Å². The van der Waals surface area contributed by atoms with Gasteiger partial charge in [0.05, 0.1) is 15.2 Å². The molecule has 1 N–H and O–H groups in total. The molecule has 4 rings (SSSR count). The SMILES string of the molecule is O=C(NCCCn1nc(C(F)(F)F)c(Cl)c1C1CC1)c1ccc(COc2ccccc2Br)cc1. The Morgan fingerprint density at radius 1 is 1.18 bits per heavy atom. The van der Waals surface area contributed by atoms with Crippen molar-refractivity contribution in [1.29, 1.82) is 0 Å². The van der Waals surface area contributed by atoms with Crippen molar-refractivity contribution in [3.05, 3.63) is 80.5 Å². The zero-order valence-electron chi connectivity index (χ0n) is 18.0. The van der Waals surface area contributed by atoms with Crippen LogP contribution in [0, 0.1) is 0 Å². The van der Waals surface area contributed by atoms with Gasteiger partial charge < -0.3 is 10.1 Å². The Morgan fingerprint density at radius 2 is 1.88 bits per heavy atom. The third-order valence-electron chi connectivity index (χ3n) is 5.44. The van der Waals surface area contributed by atoms with E-state index < -0.39 is 11.9 Å². The molecular formula is C24H22BrClF3N3O2. The fraction of sp³-hybridized carbons (Fsp3) is 0.333. The maximum Gasteiger partial charge on any atom is 0.436 e. The molecule has 0 saturated heterocycles.